The summed E-state index contributed by atoms with van der Waals surface area (Å²) in [4.78, 5) is 12.8. The van der Waals surface area contributed by atoms with Crippen LogP contribution in [0.15, 0.2) is 41.0 Å². The summed E-state index contributed by atoms with van der Waals surface area (Å²) >= 11 is 0. The van der Waals surface area contributed by atoms with Crippen LogP contribution in [0.3, 0.4) is 0 Å². The lowest BCUT2D eigenvalue weighted by Crippen LogP contribution is -2.13. The average molecular weight is 399 g/mol. The lowest BCUT2D eigenvalue weighted by molar-refractivity contribution is 0.102. The molecule has 29 heavy (non-hydrogen) atoms. The van der Waals surface area contributed by atoms with Crippen LogP contribution in [0.1, 0.15) is 17.3 Å². The molecule has 0 spiro atoms. The number of amides is 1. The summed E-state index contributed by atoms with van der Waals surface area (Å²) in [7, 11) is 4.44. The number of carbonyl (C=O) groups is 1. The van der Waals surface area contributed by atoms with E-state index in [-0.39, 0.29) is 5.82 Å². The quantitative estimate of drug-likeness (QED) is 0.614. The van der Waals surface area contributed by atoms with Gasteiger partial charge in [0.1, 0.15) is 5.75 Å². The third-order valence-electron chi connectivity index (χ3n) is 4.09. The molecule has 9 heteroatoms. The van der Waals surface area contributed by atoms with E-state index >= 15 is 0 Å². The molecule has 0 bridgehead atoms. The zero-order valence-corrected chi connectivity index (χ0v) is 16.5. The Morgan fingerprint density at radius 2 is 1.66 bits per heavy atom. The summed E-state index contributed by atoms with van der Waals surface area (Å²) in [5.41, 5.74) is 1.41. The Hall–Kier alpha value is -3.75. The van der Waals surface area contributed by atoms with Crippen molar-refractivity contribution in [3.8, 4) is 34.3 Å². The number of hydrogen-bond acceptors (Lipinski definition) is 8. The molecule has 0 saturated carbocycles. The van der Waals surface area contributed by atoms with Gasteiger partial charge < -0.3 is 24.3 Å². The molecule has 2 aromatic carbocycles. The van der Waals surface area contributed by atoms with E-state index in [1.54, 1.807) is 36.4 Å². The summed E-state index contributed by atoms with van der Waals surface area (Å²) < 4.78 is 26.1. The second-order valence-electron chi connectivity index (χ2n) is 5.79. The van der Waals surface area contributed by atoms with E-state index in [0.29, 0.717) is 35.1 Å². The molecule has 1 heterocycles. The van der Waals surface area contributed by atoms with Crippen LogP contribution in [0.25, 0.3) is 11.3 Å². The Kier molecular flexibility index (Phi) is 6.18. The van der Waals surface area contributed by atoms with Crippen LogP contribution in [0, 0.1) is 0 Å². The van der Waals surface area contributed by atoms with Gasteiger partial charge >= 0.3 is 0 Å². The molecular formula is C20H21N3O6. The second kappa shape index (κ2) is 8.96. The molecule has 0 aliphatic heterocycles. The molecule has 9 nitrogen and oxygen atoms in total. The van der Waals surface area contributed by atoms with Gasteiger partial charge in [-0.2, -0.15) is 0 Å². The van der Waals surface area contributed by atoms with Gasteiger partial charge in [-0.1, -0.05) is 0 Å². The fraction of sp³-hybridized carbons (Fsp3) is 0.250. The van der Waals surface area contributed by atoms with Gasteiger partial charge in [-0.3, -0.25) is 4.79 Å². The fourth-order valence-electron chi connectivity index (χ4n) is 2.73. The van der Waals surface area contributed by atoms with Gasteiger partial charge in [0.25, 0.3) is 5.91 Å². The maximum atomic E-state index is 12.8. The third-order valence-corrected chi connectivity index (χ3v) is 4.09. The molecule has 0 atom stereocenters. The van der Waals surface area contributed by atoms with Crippen LogP contribution >= 0.6 is 0 Å². The zero-order chi connectivity index (χ0) is 20.8. The molecule has 3 rings (SSSR count). The normalized spacial score (nSPS) is 10.3. The van der Waals surface area contributed by atoms with E-state index in [0.717, 1.165) is 11.3 Å². The van der Waals surface area contributed by atoms with Crippen molar-refractivity contribution in [2.45, 2.75) is 6.92 Å². The van der Waals surface area contributed by atoms with Crippen molar-refractivity contribution in [3.63, 3.8) is 0 Å². The lowest BCUT2D eigenvalue weighted by Gasteiger charge is -2.13. The highest BCUT2D eigenvalue weighted by molar-refractivity contribution is 6.06. The number of methoxy groups -OCH3 is 3. The number of nitrogens with zero attached hydrogens (tertiary/aromatic N) is 2. The molecule has 1 aromatic heterocycles. The molecule has 0 aliphatic carbocycles. The Labute approximate surface area is 167 Å². The van der Waals surface area contributed by atoms with Crippen LogP contribution < -0.4 is 24.3 Å². The first-order valence-corrected chi connectivity index (χ1v) is 8.78. The second-order valence-corrected chi connectivity index (χ2v) is 5.79. The predicted octanol–water partition coefficient (Wildman–Crippen LogP) is 3.41. The predicted molar refractivity (Wildman–Crippen MR) is 105 cm³/mol. The Morgan fingerprint density at radius 1 is 1.00 bits per heavy atom. The maximum absolute atomic E-state index is 12.8. The van der Waals surface area contributed by atoms with Gasteiger partial charge in [0.15, 0.2) is 17.2 Å². The van der Waals surface area contributed by atoms with Gasteiger partial charge in [0.05, 0.1) is 27.9 Å². The number of aromatic nitrogens is 2. The minimum absolute atomic E-state index is 0.188. The van der Waals surface area contributed by atoms with Crippen molar-refractivity contribution in [1.29, 1.82) is 0 Å². The van der Waals surface area contributed by atoms with E-state index in [2.05, 4.69) is 15.6 Å². The molecule has 1 N–H and O–H groups in total. The van der Waals surface area contributed by atoms with Gasteiger partial charge in [0.2, 0.25) is 11.6 Å². The van der Waals surface area contributed by atoms with Crippen LogP contribution in [0.4, 0.5) is 5.82 Å². The highest BCUT2D eigenvalue weighted by Crippen LogP contribution is 2.38. The molecule has 0 fully saturated rings. The molecule has 1 amide bonds. The van der Waals surface area contributed by atoms with Crippen LogP contribution in [0.2, 0.25) is 0 Å². The van der Waals surface area contributed by atoms with Crippen molar-refractivity contribution in [2.75, 3.05) is 33.3 Å². The molecule has 152 valence electrons. The minimum Gasteiger partial charge on any atom is -0.494 e. The maximum Gasteiger partial charge on any atom is 0.257 e. The molecule has 0 saturated heterocycles. The number of rotatable bonds is 8. The number of benzene rings is 2. The summed E-state index contributed by atoms with van der Waals surface area (Å²) in [6.45, 7) is 2.48. The summed E-state index contributed by atoms with van der Waals surface area (Å²) in [5, 5.41) is 10.4. The highest BCUT2D eigenvalue weighted by atomic mass is 16.6. The zero-order valence-electron chi connectivity index (χ0n) is 16.5. The summed E-state index contributed by atoms with van der Waals surface area (Å²) in [6, 6.07) is 10.3. The summed E-state index contributed by atoms with van der Waals surface area (Å²) in [5.74, 6) is 1.60. The molecule has 0 aliphatic rings. The number of ether oxygens (including phenoxy) is 4. The minimum atomic E-state index is -0.438. The first-order chi connectivity index (χ1) is 14.1. The first kappa shape index (κ1) is 20.0. The van der Waals surface area contributed by atoms with E-state index in [1.807, 2.05) is 6.92 Å². The number of hydrogen-bond donors (Lipinski definition) is 1. The number of carbonyl (C=O) groups excluding carboxylic acids is 1. The van der Waals surface area contributed by atoms with Crippen LogP contribution in [-0.2, 0) is 0 Å². The Morgan fingerprint density at radius 3 is 2.21 bits per heavy atom. The van der Waals surface area contributed by atoms with Crippen LogP contribution in [-0.4, -0.2) is 44.2 Å². The van der Waals surface area contributed by atoms with Crippen molar-refractivity contribution < 1.29 is 28.4 Å². The smallest absolute Gasteiger partial charge is 0.257 e. The van der Waals surface area contributed by atoms with Crippen molar-refractivity contribution in [2.24, 2.45) is 0 Å². The van der Waals surface area contributed by atoms with Gasteiger partial charge in [-0.25, -0.2) is 4.63 Å². The standard InChI is InChI=1S/C20H21N3O6/c1-5-28-14-8-6-12(7-9-14)17-19(23-29-22-17)21-20(24)13-10-15(25-2)18(27-4)16(11-13)26-3/h6-11H,5H2,1-4H3,(H,21,23,24). The molecule has 0 radical (unpaired) electrons. The van der Waals surface area contributed by atoms with E-state index in [9.17, 15) is 4.79 Å². The fourth-order valence-corrected chi connectivity index (χ4v) is 2.73. The SMILES string of the molecule is CCOc1ccc(-c2nonc2NC(=O)c2cc(OC)c(OC)c(OC)c2)cc1. The van der Waals surface area contributed by atoms with E-state index in [4.69, 9.17) is 23.6 Å². The van der Waals surface area contributed by atoms with Gasteiger partial charge in [0, 0.05) is 11.1 Å². The van der Waals surface area contributed by atoms with Gasteiger partial charge in [-0.15, -0.1) is 0 Å². The van der Waals surface area contributed by atoms with Crippen molar-refractivity contribution in [3.05, 3.63) is 42.0 Å². The monoisotopic (exact) mass is 399 g/mol. The topological polar surface area (TPSA) is 105 Å². The number of nitrogens with one attached hydrogen (secondary N) is 1. The third kappa shape index (κ3) is 4.23. The molecule has 3 aromatic rings. The lowest BCUT2D eigenvalue weighted by atomic mass is 10.1. The largest absolute Gasteiger partial charge is 0.494 e. The van der Waals surface area contributed by atoms with E-state index in [1.165, 1.54) is 21.3 Å². The van der Waals surface area contributed by atoms with Gasteiger partial charge in [-0.05, 0) is 53.6 Å². The van der Waals surface area contributed by atoms with Crippen LogP contribution in [0.5, 0.6) is 23.0 Å². The Bertz CT molecular complexity index is 959. The number of anilines is 1. The van der Waals surface area contributed by atoms with Crippen molar-refractivity contribution in [1.82, 2.24) is 10.3 Å². The molecule has 0 unspecified atom stereocenters. The average Bonchev–Trinajstić information content (AvgIpc) is 3.21. The summed E-state index contributed by atoms with van der Waals surface area (Å²) in [6.07, 6.45) is 0. The highest BCUT2D eigenvalue weighted by Gasteiger charge is 2.20. The molecular weight excluding hydrogens is 378 g/mol. The van der Waals surface area contributed by atoms with Crippen molar-refractivity contribution >= 4 is 11.7 Å². The Balaban J connectivity index is 1.86. The van der Waals surface area contributed by atoms with E-state index < -0.39 is 5.91 Å². The first-order valence-electron chi connectivity index (χ1n) is 8.78.